The van der Waals surface area contributed by atoms with Crippen molar-refractivity contribution < 1.29 is 0 Å². The zero-order valence-electron chi connectivity index (χ0n) is 14.8. The second-order valence-corrected chi connectivity index (χ2v) is 6.56. The quantitative estimate of drug-likeness (QED) is 0.718. The van der Waals surface area contributed by atoms with Crippen LogP contribution in [-0.4, -0.2) is 56.0 Å². The first kappa shape index (κ1) is 15.7. The van der Waals surface area contributed by atoms with Gasteiger partial charge < -0.3 is 9.80 Å². The molecule has 8 nitrogen and oxygen atoms in total. The molecule has 0 saturated carbocycles. The molecule has 0 atom stereocenters. The van der Waals surface area contributed by atoms with E-state index in [4.69, 9.17) is 0 Å². The molecular formula is C17H22N8. The van der Waals surface area contributed by atoms with Gasteiger partial charge in [0.15, 0.2) is 11.5 Å². The summed E-state index contributed by atoms with van der Waals surface area (Å²) in [5, 5.41) is 12.8. The maximum atomic E-state index is 4.68. The highest BCUT2D eigenvalue weighted by molar-refractivity contribution is 5.46. The van der Waals surface area contributed by atoms with Crippen molar-refractivity contribution in [1.29, 1.82) is 0 Å². The highest BCUT2D eigenvalue weighted by Crippen LogP contribution is 2.23. The normalized spacial score (nSPS) is 15.7. The van der Waals surface area contributed by atoms with Crippen molar-refractivity contribution in [1.82, 2.24) is 29.8 Å². The fourth-order valence-electron chi connectivity index (χ4n) is 3.36. The number of aryl methyl sites for hydroxylation is 2. The summed E-state index contributed by atoms with van der Waals surface area (Å²) >= 11 is 0. The summed E-state index contributed by atoms with van der Waals surface area (Å²) in [5.41, 5.74) is 1.78. The standard InChI is InChI=1S/C17H22N8/c1-12-10-17(19-11-18-12)23(3)14-6-8-24(9-7-14)16-5-4-15-21-20-13(2)25(15)22-16/h4-5,10-11,14H,6-9H2,1-3H3. The number of rotatable bonds is 3. The number of hydrogen-bond acceptors (Lipinski definition) is 7. The van der Waals surface area contributed by atoms with Gasteiger partial charge in [-0.3, -0.25) is 0 Å². The molecule has 25 heavy (non-hydrogen) atoms. The average molecular weight is 338 g/mol. The van der Waals surface area contributed by atoms with E-state index in [0.29, 0.717) is 6.04 Å². The van der Waals surface area contributed by atoms with Crippen molar-refractivity contribution in [2.45, 2.75) is 32.7 Å². The number of piperidine rings is 1. The third kappa shape index (κ3) is 2.99. The van der Waals surface area contributed by atoms with E-state index in [1.165, 1.54) is 0 Å². The van der Waals surface area contributed by atoms with E-state index in [9.17, 15) is 0 Å². The van der Waals surface area contributed by atoms with Crippen LogP contribution in [0.15, 0.2) is 24.5 Å². The highest BCUT2D eigenvalue weighted by Gasteiger charge is 2.24. The van der Waals surface area contributed by atoms with Gasteiger partial charge in [0, 0.05) is 37.9 Å². The lowest BCUT2D eigenvalue weighted by Crippen LogP contribution is -2.44. The van der Waals surface area contributed by atoms with Crippen LogP contribution >= 0.6 is 0 Å². The van der Waals surface area contributed by atoms with Gasteiger partial charge in [0.05, 0.1) is 0 Å². The highest BCUT2D eigenvalue weighted by atomic mass is 15.4. The molecule has 0 aromatic carbocycles. The van der Waals surface area contributed by atoms with Crippen molar-refractivity contribution >= 4 is 17.3 Å². The van der Waals surface area contributed by atoms with Crippen LogP contribution in [0.25, 0.3) is 5.65 Å². The van der Waals surface area contributed by atoms with E-state index in [-0.39, 0.29) is 0 Å². The van der Waals surface area contributed by atoms with Gasteiger partial charge in [-0.1, -0.05) is 0 Å². The van der Waals surface area contributed by atoms with Gasteiger partial charge in [-0.25, -0.2) is 9.97 Å². The van der Waals surface area contributed by atoms with Gasteiger partial charge in [-0.05, 0) is 38.8 Å². The number of nitrogens with zero attached hydrogens (tertiary/aromatic N) is 8. The summed E-state index contributed by atoms with van der Waals surface area (Å²) < 4.78 is 1.80. The Kier molecular flexibility index (Phi) is 3.95. The predicted octanol–water partition coefficient (Wildman–Crippen LogP) is 1.64. The summed E-state index contributed by atoms with van der Waals surface area (Å²) in [6.45, 7) is 5.86. The first-order chi connectivity index (χ1) is 12.1. The molecule has 0 spiro atoms. The molecule has 4 heterocycles. The lowest BCUT2D eigenvalue weighted by atomic mass is 10.0. The van der Waals surface area contributed by atoms with Gasteiger partial charge in [-0.15, -0.1) is 15.3 Å². The van der Waals surface area contributed by atoms with Crippen LogP contribution in [0.1, 0.15) is 24.4 Å². The van der Waals surface area contributed by atoms with Crippen molar-refractivity contribution in [3.63, 3.8) is 0 Å². The predicted molar refractivity (Wildman–Crippen MR) is 95.9 cm³/mol. The zero-order valence-corrected chi connectivity index (χ0v) is 14.8. The molecule has 0 radical (unpaired) electrons. The third-order valence-corrected chi connectivity index (χ3v) is 4.89. The molecule has 1 fully saturated rings. The second-order valence-electron chi connectivity index (χ2n) is 6.56. The van der Waals surface area contributed by atoms with Crippen LogP contribution in [0.5, 0.6) is 0 Å². The Balaban J connectivity index is 1.46. The van der Waals surface area contributed by atoms with Crippen LogP contribution in [-0.2, 0) is 0 Å². The van der Waals surface area contributed by atoms with E-state index < -0.39 is 0 Å². The molecular weight excluding hydrogens is 316 g/mol. The van der Waals surface area contributed by atoms with Gasteiger partial charge >= 0.3 is 0 Å². The summed E-state index contributed by atoms with van der Waals surface area (Å²) in [4.78, 5) is 13.2. The van der Waals surface area contributed by atoms with Crippen molar-refractivity contribution in [3.8, 4) is 0 Å². The van der Waals surface area contributed by atoms with Gasteiger partial charge in [0.25, 0.3) is 0 Å². The van der Waals surface area contributed by atoms with Crippen LogP contribution in [0.3, 0.4) is 0 Å². The molecule has 1 aliphatic rings. The average Bonchev–Trinajstić information content (AvgIpc) is 3.02. The zero-order chi connectivity index (χ0) is 17.4. The minimum atomic E-state index is 0.478. The van der Waals surface area contributed by atoms with Crippen molar-refractivity contribution in [2.75, 3.05) is 29.9 Å². The molecule has 130 valence electrons. The molecule has 0 bridgehead atoms. The summed E-state index contributed by atoms with van der Waals surface area (Å²) in [7, 11) is 2.12. The van der Waals surface area contributed by atoms with Crippen molar-refractivity contribution in [2.24, 2.45) is 0 Å². The number of fused-ring (bicyclic) bond motifs is 1. The molecule has 4 rings (SSSR count). The topological polar surface area (TPSA) is 75.3 Å². The third-order valence-electron chi connectivity index (χ3n) is 4.89. The lowest BCUT2D eigenvalue weighted by molar-refractivity contribution is 0.476. The van der Waals surface area contributed by atoms with Gasteiger partial charge in [-0.2, -0.15) is 4.52 Å². The van der Waals surface area contributed by atoms with E-state index in [1.54, 1.807) is 10.8 Å². The van der Waals surface area contributed by atoms with Crippen molar-refractivity contribution in [3.05, 3.63) is 36.0 Å². The minimum Gasteiger partial charge on any atom is -0.356 e. The van der Waals surface area contributed by atoms with Crippen LogP contribution in [0.4, 0.5) is 11.6 Å². The van der Waals surface area contributed by atoms with E-state index >= 15 is 0 Å². The smallest absolute Gasteiger partial charge is 0.178 e. The van der Waals surface area contributed by atoms with Gasteiger partial charge in [0.2, 0.25) is 0 Å². The van der Waals surface area contributed by atoms with E-state index in [2.05, 4.69) is 42.1 Å². The van der Waals surface area contributed by atoms with Crippen LogP contribution in [0, 0.1) is 13.8 Å². The Labute approximate surface area is 146 Å². The summed E-state index contributed by atoms with van der Waals surface area (Å²) in [5.74, 6) is 2.78. The molecule has 1 aliphatic heterocycles. The molecule has 0 unspecified atom stereocenters. The Hall–Kier alpha value is -2.77. The number of anilines is 2. The Morgan fingerprint density at radius 3 is 2.64 bits per heavy atom. The first-order valence-electron chi connectivity index (χ1n) is 8.57. The Morgan fingerprint density at radius 1 is 1.08 bits per heavy atom. The first-order valence-corrected chi connectivity index (χ1v) is 8.57. The minimum absolute atomic E-state index is 0.478. The lowest BCUT2D eigenvalue weighted by Gasteiger charge is -2.37. The maximum Gasteiger partial charge on any atom is 0.178 e. The number of hydrogen-bond donors (Lipinski definition) is 0. The molecule has 3 aromatic heterocycles. The molecule has 0 amide bonds. The fraction of sp³-hybridized carbons (Fsp3) is 0.471. The number of aromatic nitrogens is 6. The molecule has 1 saturated heterocycles. The van der Waals surface area contributed by atoms with E-state index in [0.717, 1.165) is 54.7 Å². The molecule has 0 N–H and O–H groups in total. The second kappa shape index (κ2) is 6.27. The molecule has 8 heteroatoms. The summed E-state index contributed by atoms with van der Waals surface area (Å²) in [6, 6.07) is 6.52. The Bertz CT molecular complexity index is 881. The molecule has 0 aliphatic carbocycles. The largest absolute Gasteiger partial charge is 0.356 e. The monoisotopic (exact) mass is 338 g/mol. The SMILES string of the molecule is Cc1cc(N(C)C2CCN(c3ccc4nnc(C)n4n3)CC2)ncn1. The summed E-state index contributed by atoms with van der Waals surface area (Å²) in [6.07, 6.45) is 3.78. The van der Waals surface area contributed by atoms with E-state index in [1.807, 2.05) is 32.0 Å². The fourth-order valence-corrected chi connectivity index (χ4v) is 3.36. The van der Waals surface area contributed by atoms with Crippen LogP contribution in [0.2, 0.25) is 0 Å². The Morgan fingerprint density at radius 2 is 1.88 bits per heavy atom. The molecule has 3 aromatic rings. The van der Waals surface area contributed by atoms with Gasteiger partial charge in [0.1, 0.15) is 18.0 Å². The van der Waals surface area contributed by atoms with Crippen LogP contribution < -0.4 is 9.80 Å². The maximum absolute atomic E-state index is 4.68.